The van der Waals surface area contributed by atoms with E-state index >= 15 is 0 Å². The highest BCUT2D eigenvalue weighted by Gasteiger charge is 2.65. The van der Waals surface area contributed by atoms with Crippen LogP contribution in [0.3, 0.4) is 0 Å². The van der Waals surface area contributed by atoms with Crippen LogP contribution in [-0.4, -0.2) is 28.2 Å². The number of rotatable bonds is 5. The maximum absolute atomic E-state index is 12.0. The predicted octanol–water partition coefficient (Wildman–Crippen LogP) is 7.31. The van der Waals surface area contributed by atoms with Gasteiger partial charge >= 0.3 is 5.97 Å². The third-order valence-electron chi connectivity index (χ3n) is 11.0. The zero-order valence-electron chi connectivity index (χ0n) is 22.4. The van der Waals surface area contributed by atoms with E-state index in [1.807, 2.05) is 0 Å². The van der Waals surface area contributed by atoms with Gasteiger partial charge in [0.2, 0.25) is 0 Å². The Kier molecular flexibility index (Phi) is 7.15. The molecule has 0 aliphatic heterocycles. The molecule has 192 valence electrons. The summed E-state index contributed by atoms with van der Waals surface area (Å²) in [5, 5.41) is 11.5. The molecule has 0 aromatic rings. The molecule has 3 saturated carbocycles. The number of carbonyl (C=O) groups excluding carboxylic acids is 1. The van der Waals surface area contributed by atoms with E-state index in [2.05, 4.69) is 59.8 Å². The number of carbonyl (C=O) groups is 1. The van der Waals surface area contributed by atoms with Crippen molar-refractivity contribution in [3.8, 4) is 0 Å². The van der Waals surface area contributed by atoms with Gasteiger partial charge in [0.25, 0.3) is 0 Å². The van der Waals surface area contributed by atoms with Crippen molar-refractivity contribution in [2.24, 2.45) is 46.3 Å². The number of esters is 1. The number of halogens is 1. The maximum Gasteiger partial charge on any atom is 0.302 e. The molecule has 4 heteroatoms. The molecule has 34 heavy (non-hydrogen) atoms. The van der Waals surface area contributed by atoms with Crippen molar-refractivity contribution in [3.05, 3.63) is 23.8 Å². The van der Waals surface area contributed by atoms with E-state index in [0.717, 1.165) is 19.3 Å². The normalized spacial score (nSPS) is 45.8. The molecule has 0 spiro atoms. The molecule has 0 radical (unpaired) electrons. The van der Waals surface area contributed by atoms with Crippen LogP contribution in [0.4, 0.5) is 0 Å². The second-order valence-electron chi connectivity index (χ2n) is 13.1. The number of hydrogen-bond donors (Lipinski definition) is 1. The minimum absolute atomic E-state index is 0.239. The Bertz CT molecular complexity index is 848. The Morgan fingerprint density at radius 2 is 1.79 bits per heavy atom. The molecule has 0 bridgehead atoms. The Labute approximate surface area is 212 Å². The van der Waals surface area contributed by atoms with E-state index in [1.54, 1.807) is 0 Å². The molecule has 10 atom stereocenters. The van der Waals surface area contributed by atoms with Crippen LogP contribution < -0.4 is 0 Å². The summed E-state index contributed by atoms with van der Waals surface area (Å²) < 4.78 is 5.53. The molecule has 4 aliphatic rings. The van der Waals surface area contributed by atoms with Crippen molar-refractivity contribution in [1.29, 1.82) is 0 Å². The quantitative estimate of drug-likeness (QED) is 0.249. The summed E-state index contributed by atoms with van der Waals surface area (Å²) in [7, 11) is 0. The van der Waals surface area contributed by atoms with Gasteiger partial charge in [-0.1, -0.05) is 65.3 Å². The fourth-order valence-corrected chi connectivity index (χ4v) is 8.91. The van der Waals surface area contributed by atoms with E-state index < -0.39 is 11.0 Å². The van der Waals surface area contributed by atoms with Crippen molar-refractivity contribution >= 4 is 17.6 Å². The first kappa shape index (κ1) is 26.3. The molecule has 0 aromatic heterocycles. The van der Waals surface area contributed by atoms with Crippen LogP contribution in [0.25, 0.3) is 0 Å². The Hall–Kier alpha value is -0.800. The van der Waals surface area contributed by atoms with E-state index in [4.69, 9.17) is 16.3 Å². The smallest absolute Gasteiger partial charge is 0.302 e. The zero-order valence-corrected chi connectivity index (χ0v) is 23.2. The summed E-state index contributed by atoms with van der Waals surface area (Å²) in [6.45, 7) is 15.6. The number of alkyl halides is 1. The van der Waals surface area contributed by atoms with Crippen molar-refractivity contribution in [2.75, 3.05) is 0 Å². The number of hydrogen-bond acceptors (Lipinski definition) is 3. The molecule has 0 heterocycles. The van der Waals surface area contributed by atoms with Gasteiger partial charge in [-0.3, -0.25) is 4.79 Å². The third-order valence-corrected chi connectivity index (χ3v) is 11.5. The highest BCUT2D eigenvalue weighted by atomic mass is 35.5. The van der Waals surface area contributed by atoms with E-state index in [-0.39, 0.29) is 17.5 Å². The zero-order chi connectivity index (χ0) is 25.1. The average Bonchev–Trinajstić information content (AvgIpc) is 3.11. The lowest BCUT2D eigenvalue weighted by Crippen LogP contribution is -2.64. The lowest BCUT2D eigenvalue weighted by molar-refractivity contribution is -0.182. The van der Waals surface area contributed by atoms with Crippen LogP contribution in [-0.2, 0) is 9.53 Å². The molecular formula is C30H47ClO3. The van der Waals surface area contributed by atoms with Crippen molar-refractivity contribution in [2.45, 2.75) is 110 Å². The fourth-order valence-electron chi connectivity index (χ4n) is 8.43. The molecular weight excluding hydrogens is 444 g/mol. The van der Waals surface area contributed by atoms with E-state index in [1.165, 1.54) is 31.8 Å². The minimum atomic E-state index is -1.03. The topological polar surface area (TPSA) is 46.5 Å². The second kappa shape index (κ2) is 9.25. The number of ether oxygens (including phenoxy) is 1. The first-order valence-corrected chi connectivity index (χ1v) is 14.2. The number of allylic oxidation sites excluding steroid dienone is 3. The van der Waals surface area contributed by atoms with Crippen LogP contribution in [0, 0.1) is 46.3 Å². The Morgan fingerprint density at radius 3 is 2.44 bits per heavy atom. The van der Waals surface area contributed by atoms with Gasteiger partial charge in [0.15, 0.2) is 0 Å². The van der Waals surface area contributed by atoms with Crippen molar-refractivity contribution < 1.29 is 14.6 Å². The van der Waals surface area contributed by atoms with Crippen LogP contribution >= 0.6 is 11.6 Å². The van der Waals surface area contributed by atoms with Crippen LogP contribution in [0.15, 0.2) is 23.8 Å². The van der Waals surface area contributed by atoms with Crippen molar-refractivity contribution in [3.63, 3.8) is 0 Å². The van der Waals surface area contributed by atoms with Gasteiger partial charge in [-0.25, -0.2) is 0 Å². The third kappa shape index (κ3) is 4.11. The van der Waals surface area contributed by atoms with Gasteiger partial charge in [0, 0.05) is 18.8 Å². The second-order valence-corrected chi connectivity index (χ2v) is 13.5. The van der Waals surface area contributed by atoms with Gasteiger partial charge < -0.3 is 9.84 Å². The summed E-state index contributed by atoms with van der Waals surface area (Å²) in [4.78, 5) is 11.6. The van der Waals surface area contributed by atoms with Crippen molar-refractivity contribution in [1.82, 2.24) is 0 Å². The highest BCUT2D eigenvalue weighted by molar-refractivity contribution is 6.22. The SMILES string of the molecule is CC(=O)OC1CC[C@]2(C)[C@@H]3CC[C@@]4(C)[C@H](CC[C@H]4[C@H](C)C=C[C@H](C)C(C)C)C3=C[C@H](Cl)[C@@]2(O)C1. The molecule has 1 N–H and O–H groups in total. The predicted molar refractivity (Wildman–Crippen MR) is 140 cm³/mol. The molecule has 4 aliphatic carbocycles. The van der Waals surface area contributed by atoms with Gasteiger partial charge in [-0.15, -0.1) is 11.6 Å². The van der Waals surface area contributed by atoms with E-state index in [0.29, 0.717) is 47.3 Å². The number of aliphatic hydroxyl groups is 1. The maximum atomic E-state index is 12.0. The van der Waals surface area contributed by atoms with Crippen LogP contribution in [0.2, 0.25) is 0 Å². The first-order valence-electron chi connectivity index (χ1n) is 13.8. The molecule has 0 amide bonds. The summed E-state index contributed by atoms with van der Waals surface area (Å²) in [6.07, 6.45) is 13.9. The molecule has 3 nitrogen and oxygen atoms in total. The average molecular weight is 491 g/mol. The summed E-state index contributed by atoms with van der Waals surface area (Å²) >= 11 is 7.01. The van der Waals surface area contributed by atoms with Gasteiger partial charge in [0.1, 0.15) is 6.10 Å². The highest BCUT2D eigenvalue weighted by Crippen LogP contribution is 2.68. The molecule has 0 saturated heterocycles. The Morgan fingerprint density at radius 1 is 1.09 bits per heavy atom. The lowest BCUT2D eigenvalue weighted by atomic mass is 9.46. The largest absolute Gasteiger partial charge is 0.462 e. The van der Waals surface area contributed by atoms with E-state index in [9.17, 15) is 9.90 Å². The minimum Gasteiger partial charge on any atom is -0.462 e. The summed E-state index contributed by atoms with van der Waals surface area (Å²) in [5.41, 5.74) is 0.527. The first-order chi connectivity index (χ1) is 15.8. The fraction of sp³-hybridized carbons (Fsp3) is 0.833. The van der Waals surface area contributed by atoms with Gasteiger partial charge in [-0.2, -0.15) is 0 Å². The number of fused-ring (bicyclic) bond motifs is 5. The lowest BCUT2D eigenvalue weighted by Gasteiger charge is -2.62. The molecule has 4 rings (SSSR count). The van der Waals surface area contributed by atoms with Gasteiger partial charge in [-0.05, 0) is 79.4 Å². The molecule has 0 aromatic carbocycles. The molecule has 1 unspecified atom stereocenters. The van der Waals surface area contributed by atoms with Crippen LogP contribution in [0.1, 0.15) is 93.4 Å². The standard InChI is InChI=1S/C30H47ClO3/c1-18(2)19(3)8-9-20(4)24-10-11-25-23-16-27(31)30(33)17-22(34-21(5)32)12-15-29(30,7)26(23)13-14-28(24,25)6/h8-9,16,18-20,22,24-27,33H,10-15,17H2,1-7H3/t19-,20+,22?,24-,25+,26+,27-,28+,29+,30-/m0/s1. The summed E-state index contributed by atoms with van der Waals surface area (Å²) in [6, 6.07) is 0. The van der Waals surface area contributed by atoms with Gasteiger partial charge in [0.05, 0.1) is 11.0 Å². The Balaban J connectivity index is 1.59. The molecule has 3 fully saturated rings. The summed E-state index contributed by atoms with van der Waals surface area (Å²) in [5.74, 6) is 3.22. The monoisotopic (exact) mass is 490 g/mol. The van der Waals surface area contributed by atoms with Crippen LogP contribution in [0.5, 0.6) is 0 Å².